The zero-order valence-electron chi connectivity index (χ0n) is 22.3. The number of aromatic nitrogens is 5. The number of anilines is 2. The lowest BCUT2D eigenvalue weighted by Gasteiger charge is -2.24. The average Bonchev–Trinajstić information content (AvgIpc) is 3.33. The van der Waals surface area contributed by atoms with Crippen LogP contribution in [0.4, 0.5) is 37.8 Å². The molecular formula is C24H28F6N8O3. The van der Waals surface area contributed by atoms with Crippen molar-refractivity contribution in [1.82, 2.24) is 29.7 Å². The summed E-state index contributed by atoms with van der Waals surface area (Å²) in [6.07, 6.45) is -3.23. The van der Waals surface area contributed by atoms with Crippen LogP contribution in [0.25, 0.3) is 5.65 Å². The summed E-state index contributed by atoms with van der Waals surface area (Å²) < 4.78 is 75.1. The fourth-order valence-electron chi connectivity index (χ4n) is 4.22. The molecule has 41 heavy (non-hydrogen) atoms. The van der Waals surface area contributed by atoms with E-state index in [1.54, 1.807) is 27.0 Å². The monoisotopic (exact) mass is 590 g/mol. The Kier molecular flexibility index (Phi) is 7.70. The summed E-state index contributed by atoms with van der Waals surface area (Å²) in [6.45, 7) is 8.65. The Morgan fingerprint density at radius 2 is 1.78 bits per heavy atom. The number of nitrogens with one attached hydrogen (secondary N) is 2. The van der Waals surface area contributed by atoms with E-state index in [1.165, 1.54) is 34.4 Å². The second-order valence-electron chi connectivity index (χ2n) is 11.0. The first-order chi connectivity index (χ1) is 18.9. The third kappa shape index (κ3) is 6.89. The van der Waals surface area contributed by atoms with Crippen LogP contribution in [0.3, 0.4) is 0 Å². The molecule has 0 aromatic carbocycles. The largest absolute Gasteiger partial charge is 0.490 e. The highest BCUT2D eigenvalue weighted by Crippen LogP contribution is 2.46. The highest BCUT2D eigenvalue weighted by Gasteiger charge is 2.45. The molecule has 1 spiro atoms. The van der Waals surface area contributed by atoms with Gasteiger partial charge in [0.15, 0.2) is 11.3 Å². The molecule has 17 heteroatoms. The van der Waals surface area contributed by atoms with Gasteiger partial charge in [-0.05, 0) is 39.7 Å². The molecule has 0 radical (unpaired) electrons. The maximum atomic E-state index is 13.6. The number of alkyl halides is 6. The van der Waals surface area contributed by atoms with Gasteiger partial charge in [-0.15, -0.1) is 0 Å². The number of rotatable bonds is 3. The van der Waals surface area contributed by atoms with Crippen LogP contribution in [0.1, 0.15) is 49.7 Å². The molecule has 1 saturated carbocycles. The van der Waals surface area contributed by atoms with E-state index in [4.69, 9.17) is 9.90 Å². The lowest BCUT2D eigenvalue weighted by Crippen LogP contribution is -2.31. The summed E-state index contributed by atoms with van der Waals surface area (Å²) in [4.78, 5) is 28.8. The van der Waals surface area contributed by atoms with Crippen molar-refractivity contribution < 1.29 is 41.0 Å². The number of aliphatic carboxylic acids is 1. The van der Waals surface area contributed by atoms with Crippen molar-refractivity contribution in [3.05, 3.63) is 35.9 Å². The SMILES string of the molecule is CC(C)(C)n1cc(NC(=O)c2cnn3ccc(N4CCNCC5(CC5)C4)nc23)c(C(F)(F)F)n1.O=C(O)C(F)(F)F. The van der Waals surface area contributed by atoms with Crippen molar-refractivity contribution in [1.29, 1.82) is 0 Å². The van der Waals surface area contributed by atoms with Gasteiger partial charge in [0, 0.05) is 44.0 Å². The second kappa shape index (κ2) is 10.5. The summed E-state index contributed by atoms with van der Waals surface area (Å²) in [5, 5.41) is 20.8. The molecule has 2 fully saturated rings. The summed E-state index contributed by atoms with van der Waals surface area (Å²) in [5.74, 6) is -2.77. The van der Waals surface area contributed by atoms with Crippen LogP contribution < -0.4 is 15.5 Å². The summed E-state index contributed by atoms with van der Waals surface area (Å²) in [7, 11) is 0. The predicted molar refractivity (Wildman–Crippen MR) is 134 cm³/mol. The van der Waals surface area contributed by atoms with Gasteiger partial charge in [0.05, 0.1) is 17.4 Å². The van der Waals surface area contributed by atoms with E-state index in [-0.39, 0.29) is 16.6 Å². The first kappa shape index (κ1) is 30.1. The minimum atomic E-state index is -5.08. The highest BCUT2D eigenvalue weighted by molar-refractivity contribution is 6.08. The van der Waals surface area contributed by atoms with E-state index < -0.39 is 41.1 Å². The molecule has 1 aliphatic heterocycles. The lowest BCUT2D eigenvalue weighted by atomic mass is 10.1. The molecule has 1 aliphatic carbocycles. The van der Waals surface area contributed by atoms with E-state index >= 15 is 0 Å². The Bertz CT molecular complexity index is 1440. The number of carbonyl (C=O) groups excluding carboxylic acids is 1. The smallest absolute Gasteiger partial charge is 0.475 e. The fraction of sp³-hybridized carbons (Fsp3) is 0.542. The number of hydrogen-bond acceptors (Lipinski definition) is 7. The van der Waals surface area contributed by atoms with E-state index in [9.17, 15) is 31.1 Å². The molecule has 3 aromatic heterocycles. The quantitative estimate of drug-likeness (QED) is 0.393. The summed E-state index contributed by atoms with van der Waals surface area (Å²) in [5.41, 5.74) is -1.59. The van der Waals surface area contributed by atoms with Crippen LogP contribution in [0.15, 0.2) is 24.7 Å². The number of hydrogen-bond donors (Lipinski definition) is 3. The molecule has 0 bridgehead atoms. The van der Waals surface area contributed by atoms with E-state index in [0.717, 1.165) is 26.2 Å². The Hall–Kier alpha value is -3.89. The van der Waals surface area contributed by atoms with Gasteiger partial charge in [-0.3, -0.25) is 9.48 Å². The molecule has 3 aromatic rings. The average molecular weight is 591 g/mol. The number of fused-ring (bicyclic) bond motifs is 1. The van der Waals surface area contributed by atoms with Gasteiger partial charge in [0.2, 0.25) is 0 Å². The number of amides is 1. The third-order valence-corrected chi connectivity index (χ3v) is 6.63. The van der Waals surface area contributed by atoms with E-state index in [0.29, 0.717) is 5.82 Å². The first-order valence-corrected chi connectivity index (χ1v) is 12.5. The highest BCUT2D eigenvalue weighted by atomic mass is 19.4. The number of carboxylic acid groups (broad SMARTS) is 1. The lowest BCUT2D eigenvalue weighted by molar-refractivity contribution is -0.192. The van der Waals surface area contributed by atoms with Crippen molar-refractivity contribution >= 4 is 29.0 Å². The normalized spacial score (nSPS) is 17.1. The first-order valence-electron chi connectivity index (χ1n) is 12.5. The molecule has 1 amide bonds. The van der Waals surface area contributed by atoms with Crippen LogP contribution in [-0.4, -0.2) is 73.7 Å². The van der Waals surface area contributed by atoms with Crippen molar-refractivity contribution in [3.63, 3.8) is 0 Å². The Balaban J connectivity index is 0.000000493. The van der Waals surface area contributed by atoms with Crippen LogP contribution >= 0.6 is 0 Å². The Labute approximate surface area is 229 Å². The van der Waals surface area contributed by atoms with Crippen LogP contribution in [0, 0.1) is 5.41 Å². The summed E-state index contributed by atoms with van der Waals surface area (Å²) >= 11 is 0. The van der Waals surface area contributed by atoms with Crippen molar-refractivity contribution in [2.24, 2.45) is 5.41 Å². The van der Waals surface area contributed by atoms with Crippen molar-refractivity contribution in [2.45, 2.75) is 51.5 Å². The van der Waals surface area contributed by atoms with Crippen LogP contribution in [-0.2, 0) is 16.5 Å². The molecular weight excluding hydrogens is 562 g/mol. The minimum absolute atomic E-state index is 0.0903. The Morgan fingerprint density at radius 3 is 2.34 bits per heavy atom. The number of nitrogens with zero attached hydrogens (tertiary/aromatic N) is 6. The zero-order chi connectivity index (χ0) is 30.4. The van der Waals surface area contributed by atoms with E-state index in [1.807, 2.05) is 6.07 Å². The molecule has 0 atom stereocenters. The van der Waals surface area contributed by atoms with Gasteiger partial charge >= 0.3 is 18.3 Å². The van der Waals surface area contributed by atoms with E-state index in [2.05, 4.69) is 30.7 Å². The molecule has 11 nitrogen and oxygen atoms in total. The fourth-order valence-corrected chi connectivity index (χ4v) is 4.22. The molecule has 3 N–H and O–H groups in total. The predicted octanol–water partition coefficient (Wildman–Crippen LogP) is 3.78. The number of carbonyl (C=O) groups is 2. The maximum absolute atomic E-state index is 13.6. The minimum Gasteiger partial charge on any atom is -0.475 e. The molecule has 2 aliphatic rings. The molecule has 0 unspecified atom stereocenters. The summed E-state index contributed by atoms with van der Waals surface area (Å²) in [6, 6.07) is 1.85. The maximum Gasteiger partial charge on any atom is 0.490 e. The van der Waals surface area contributed by atoms with Gasteiger partial charge in [-0.1, -0.05) is 0 Å². The van der Waals surface area contributed by atoms with Crippen molar-refractivity contribution in [2.75, 3.05) is 36.4 Å². The molecule has 4 heterocycles. The van der Waals surface area contributed by atoms with Gasteiger partial charge in [-0.2, -0.15) is 36.5 Å². The number of halogens is 6. The topological polar surface area (TPSA) is 130 Å². The van der Waals surface area contributed by atoms with Crippen LogP contribution in [0.5, 0.6) is 0 Å². The second-order valence-corrected chi connectivity index (χ2v) is 11.0. The zero-order valence-corrected chi connectivity index (χ0v) is 22.3. The van der Waals surface area contributed by atoms with Gasteiger partial charge in [-0.25, -0.2) is 14.3 Å². The van der Waals surface area contributed by atoms with Gasteiger partial charge in [0.25, 0.3) is 5.91 Å². The molecule has 224 valence electrons. The number of carboxylic acids is 1. The Morgan fingerprint density at radius 1 is 1.12 bits per heavy atom. The standard InChI is InChI=1S/C22H27F3N8O.C2HF3O2/c1-20(2,3)33-11-15(17(30-33)22(23,24)25)28-19(34)14-10-27-32-8-4-16(29-18(14)32)31-9-7-26-12-21(13-31)5-6-21;3-2(4,5)1(6)7/h4,8,10-11,26H,5-7,9,12-13H2,1-3H3,(H,28,34);(H,6,7). The van der Waals surface area contributed by atoms with Crippen molar-refractivity contribution in [3.8, 4) is 0 Å². The van der Waals surface area contributed by atoms with Gasteiger partial charge < -0.3 is 20.6 Å². The third-order valence-electron chi connectivity index (χ3n) is 6.63. The molecule has 1 saturated heterocycles. The van der Waals surface area contributed by atoms with Crippen LogP contribution in [0.2, 0.25) is 0 Å². The van der Waals surface area contributed by atoms with Gasteiger partial charge in [0.1, 0.15) is 11.4 Å². The molecule has 5 rings (SSSR count).